The molecule has 0 atom stereocenters. The molecule has 0 aliphatic heterocycles. The first-order valence-electron chi connectivity index (χ1n) is 16.1. The maximum atomic E-state index is 11.3. The lowest BCUT2D eigenvalue weighted by Crippen LogP contribution is -2.30. The number of aromatic hydroxyl groups is 1. The molecule has 2 N–H and O–H groups in total. The first-order chi connectivity index (χ1) is 25.5. The minimum absolute atomic E-state index is 0.178. The van der Waals surface area contributed by atoms with Gasteiger partial charge in [-0.05, 0) is 17.7 Å². The standard InChI is InChI=1S/C29H45N2O8.C8H2Cl2N2O2/c1-33-12-8-30(9-13-34-2)23-16-22(21-32)25(27(17-23)37-5)20-26-28(38-6)18-24(19-29(26)39-7)31(10-14-35-3)11-15-36-4;9-5-6(10)8(14)4(2-12)3(1-11)7(5)13/h16-20,32H,8-15,21H2,1-7H3;13-14H/q+1;/p-1. The minimum atomic E-state index is -0.853. The van der Waals surface area contributed by atoms with Gasteiger partial charge in [0.25, 0.3) is 0 Å². The molecule has 14 nitrogen and oxygen atoms in total. The van der Waals surface area contributed by atoms with E-state index in [-0.39, 0.29) is 6.61 Å². The highest BCUT2D eigenvalue weighted by molar-refractivity contribution is 6.44. The van der Waals surface area contributed by atoms with Crippen LogP contribution in [-0.2, 0) is 35.0 Å². The van der Waals surface area contributed by atoms with Crippen LogP contribution >= 0.6 is 23.2 Å². The number of hydrogen-bond donors (Lipinski definition) is 2. The van der Waals surface area contributed by atoms with Gasteiger partial charge in [0.1, 0.15) is 53.2 Å². The number of rotatable bonds is 18. The van der Waals surface area contributed by atoms with E-state index < -0.39 is 32.7 Å². The van der Waals surface area contributed by atoms with E-state index in [4.69, 9.17) is 66.9 Å². The van der Waals surface area contributed by atoms with Gasteiger partial charge in [-0.1, -0.05) is 29.0 Å². The number of nitrogens with zero attached hydrogens (tertiary/aromatic N) is 4. The van der Waals surface area contributed by atoms with Crippen molar-refractivity contribution in [2.45, 2.75) is 6.61 Å². The monoisotopic (exact) mass is 776 g/mol. The zero-order valence-electron chi connectivity index (χ0n) is 31.0. The quantitative estimate of drug-likeness (QED) is 0.208. The third kappa shape index (κ3) is 11.7. The van der Waals surface area contributed by atoms with Gasteiger partial charge >= 0.3 is 0 Å². The number of ether oxygens (including phenoxy) is 7. The van der Waals surface area contributed by atoms with Crippen LogP contribution in [0.15, 0.2) is 41.4 Å². The second-order valence-corrected chi connectivity index (χ2v) is 11.8. The van der Waals surface area contributed by atoms with Gasteiger partial charge in [0.15, 0.2) is 18.8 Å². The number of anilines is 1. The molecule has 2 aromatic carbocycles. The molecule has 0 bridgehead atoms. The van der Waals surface area contributed by atoms with Crippen molar-refractivity contribution in [2.75, 3.05) is 107 Å². The average molecular weight is 778 g/mol. The van der Waals surface area contributed by atoms with Crippen molar-refractivity contribution < 1.29 is 53.1 Å². The molecule has 288 valence electrons. The van der Waals surface area contributed by atoms with E-state index in [1.54, 1.807) is 49.8 Å². The van der Waals surface area contributed by atoms with Crippen LogP contribution in [0.1, 0.15) is 22.3 Å². The number of nitriles is 2. The lowest BCUT2D eigenvalue weighted by atomic mass is 9.97. The van der Waals surface area contributed by atoms with E-state index in [0.29, 0.717) is 75.4 Å². The largest absolute Gasteiger partial charge is 0.871 e. The Kier molecular flexibility index (Phi) is 19.6. The number of aliphatic hydroxyl groups excluding tert-OH is 1. The summed E-state index contributed by atoms with van der Waals surface area (Å²) < 4.78 is 40.8. The third-order valence-electron chi connectivity index (χ3n) is 7.95. The highest BCUT2D eigenvalue weighted by Gasteiger charge is 2.26. The van der Waals surface area contributed by atoms with Crippen LogP contribution in [0.3, 0.4) is 0 Å². The van der Waals surface area contributed by atoms with E-state index in [2.05, 4.69) is 9.48 Å². The molecule has 0 spiro atoms. The SMILES string of the molecule is COCCN(CCOC)c1cc(CO)c(C=C2C(OC)=CC(=[N+](CCOC)CCOC)C=C2OC)c(OC)c1.N#Cc1c([O-])c(Cl)c(Cl)c(O)c1C#N. The molecular formula is C37H46Cl2N4O10. The van der Waals surface area contributed by atoms with Gasteiger partial charge in [-0.15, -0.1) is 0 Å². The summed E-state index contributed by atoms with van der Waals surface area (Å²) in [4.78, 5) is 2.14. The molecule has 0 fully saturated rings. The highest BCUT2D eigenvalue weighted by atomic mass is 35.5. The smallest absolute Gasteiger partial charge is 0.207 e. The van der Waals surface area contributed by atoms with Crippen molar-refractivity contribution in [3.8, 4) is 29.4 Å². The molecule has 0 aromatic heterocycles. The Morgan fingerprint density at radius 2 is 1.32 bits per heavy atom. The first kappa shape index (κ1) is 44.7. The average Bonchev–Trinajstić information content (AvgIpc) is 3.18. The summed E-state index contributed by atoms with van der Waals surface area (Å²) in [6, 6.07) is 6.92. The Morgan fingerprint density at radius 1 is 0.792 bits per heavy atom. The summed E-state index contributed by atoms with van der Waals surface area (Å²) in [5.41, 5.74) is 3.06. The molecule has 0 heterocycles. The normalized spacial score (nSPS) is 12.1. The van der Waals surface area contributed by atoms with Crippen molar-refractivity contribution in [3.05, 3.63) is 73.7 Å². The zero-order valence-corrected chi connectivity index (χ0v) is 32.5. The van der Waals surface area contributed by atoms with Crippen molar-refractivity contribution in [3.63, 3.8) is 0 Å². The molecule has 0 amide bonds. The van der Waals surface area contributed by atoms with Gasteiger partial charge in [-0.3, -0.25) is 0 Å². The summed E-state index contributed by atoms with van der Waals surface area (Å²) >= 11 is 10.9. The summed E-state index contributed by atoms with van der Waals surface area (Å²) in [5.74, 6) is 0.372. The Labute approximate surface area is 320 Å². The summed E-state index contributed by atoms with van der Waals surface area (Å²) in [7, 11) is 11.6. The molecule has 2 aromatic rings. The van der Waals surface area contributed by atoms with E-state index in [9.17, 15) is 15.3 Å². The fraction of sp³-hybridized carbons (Fsp3) is 0.432. The molecule has 0 saturated carbocycles. The Balaban J connectivity index is 0.000000579. The lowest BCUT2D eigenvalue weighted by Gasteiger charge is -2.26. The van der Waals surface area contributed by atoms with Gasteiger partial charge in [0, 0.05) is 58.8 Å². The number of phenols is 1. The van der Waals surface area contributed by atoms with Crippen molar-refractivity contribution in [1.29, 1.82) is 10.5 Å². The maximum absolute atomic E-state index is 11.3. The fourth-order valence-corrected chi connectivity index (χ4v) is 5.49. The number of allylic oxidation sites excluding steroid dienone is 2. The number of phenolic OH excluding ortho intramolecular Hbond substituents is 1. The van der Waals surface area contributed by atoms with Crippen molar-refractivity contribution in [1.82, 2.24) is 0 Å². The second-order valence-electron chi connectivity index (χ2n) is 11.0. The Morgan fingerprint density at radius 3 is 1.75 bits per heavy atom. The molecule has 3 rings (SSSR count). The topological polar surface area (TPSA) is 182 Å². The van der Waals surface area contributed by atoms with Crippen LogP contribution in [0.2, 0.25) is 10.0 Å². The molecule has 1 aliphatic carbocycles. The molecule has 1 aliphatic rings. The molecule has 0 radical (unpaired) electrons. The van der Waals surface area contributed by atoms with E-state index in [1.807, 2.05) is 30.4 Å². The van der Waals surface area contributed by atoms with Crippen LogP contribution in [0.4, 0.5) is 5.69 Å². The minimum Gasteiger partial charge on any atom is -0.871 e. The number of benzene rings is 2. The Hall–Kier alpha value is -4.51. The third-order valence-corrected chi connectivity index (χ3v) is 8.77. The summed E-state index contributed by atoms with van der Waals surface area (Å²) in [5, 5.41) is 47.2. The Bertz CT molecular complexity index is 1650. The molecular weight excluding hydrogens is 731 g/mol. The number of aliphatic hydroxyl groups is 1. The molecule has 0 unspecified atom stereocenters. The van der Waals surface area contributed by atoms with Crippen molar-refractivity contribution >= 4 is 40.7 Å². The second kappa shape index (κ2) is 23.2. The van der Waals surface area contributed by atoms with Crippen LogP contribution in [0, 0.1) is 22.7 Å². The van der Waals surface area contributed by atoms with E-state index >= 15 is 0 Å². The van der Waals surface area contributed by atoms with Crippen LogP contribution in [-0.4, -0.2) is 123 Å². The van der Waals surface area contributed by atoms with Gasteiger partial charge in [0.05, 0.1) is 69.5 Å². The first-order valence-corrected chi connectivity index (χ1v) is 16.9. The van der Waals surface area contributed by atoms with Crippen LogP contribution in [0.5, 0.6) is 17.2 Å². The van der Waals surface area contributed by atoms with Crippen LogP contribution < -0.4 is 14.7 Å². The van der Waals surface area contributed by atoms with E-state index in [0.717, 1.165) is 22.5 Å². The molecule has 0 saturated heterocycles. The molecule has 16 heteroatoms. The number of halogens is 2. The zero-order chi connectivity index (χ0) is 39.5. The van der Waals surface area contributed by atoms with Crippen LogP contribution in [0.25, 0.3) is 6.08 Å². The summed E-state index contributed by atoms with van der Waals surface area (Å²) in [6.07, 6.45) is 5.87. The van der Waals surface area contributed by atoms with Gasteiger partial charge in [0.2, 0.25) is 5.71 Å². The molecule has 53 heavy (non-hydrogen) atoms. The highest BCUT2D eigenvalue weighted by Crippen LogP contribution is 2.42. The van der Waals surface area contributed by atoms with E-state index in [1.165, 1.54) is 12.1 Å². The predicted molar refractivity (Wildman–Crippen MR) is 199 cm³/mol. The predicted octanol–water partition coefficient (Wildman–Crippen LogP) is 4.01. The maximum Gasteiger partial charge on any atom is 0.207 e. The van der Waals surface area contributed by atoms with Gasteiger partial charge in [-0.25, -0.2) is 4.58 Å². The fourth-order valence-electron chi connectivity index (χ4n) is 5.13. The number of methoxy groups -OCH3 is 7. The van der Waals surface area contributed by atoms with Gasteiger partial charge < -0.3 is 53.4 Å². The number of hydrogen-bond acceptors (Lipinski definition) is 13. The lowest BCUT2D eigenvalue weighted by molar-refractivity contribution is -0.531. The summed E-state index contributed by atoms with van der Waals surface area (Å²) in [6.45, 7) is 4.77. The van der Waals surface area contributed by atoms with Crippen molar-refractivity contribution in [2.24, 2.45) is 0 Å². The van der Waals surface area contributed by atoms with Gasteiger partial charge in [-0.2, -0.15) is 10.5 Å².